The van der Waals surface area contributed by atoms with Crippen molar-refractivity contribution in [1.82, 2.24) is 0 Å². The van der Waals surface area contributed by atoms with E-state index >= 15 is 0 Å². The van der Waals surface area contributed by atoms with Crippen molar-refractivity contribution in [3.8, 4) is 0 Å². The molecular weight excluding hydrogens is 442 g/mol. The van der Waals surface area contributed by atoms with Crippen molar-refractivity contribution in [2.24, 2.45) is 10.8 Å². The highest BCUT2D eigenvalue weighted by Gasteiger charge is 2.72. The van der Waals surface area contributed by atoms with Crippen molar-refractivity contribution < 1.29 is 9.59 Å². The van der Waals surface area contributed by atoms with E-state index in [4.69, 9.17) is 11.6 Å². The van der Waals surface area contributed by atoms with E-state index in [9.17, 15) is 9.59 Å². The molecule has 2 fully saturated rings. The monoisotopic (exact) mass is 465 g/mol. The molecule has 3 aromatic rings. The van der Waals surface area contributed by atoms with Gasteiger partial charge in [-0.2, -0.15) is 0 Å². The van der Waals surface area contributed by atoms with E-state index in [1.54, 1.807) is 12.1 Å². The molecule has 3 nitrogen and oxygen atoms in total. The SMILES string of the molecule is O=C1N(c2ccccc2Cl)C(=O)[C@]23CC=CC[C@]12CC(=C(c1ccccc1)c1ccccc1)C3. The van der Waals surface area contributed by atoms with Gasteiger partial charge in [-0.1, -0.05) is 102 Å². The van der Waals surface area contributed by atoms with E-state index < -0.39 is 10.8 Å². The van der Waals surface area contributed by atoms with Crippen LogP contribution >= 0.6 is 11.6 Å². The minimum absolute atomic E-state index is 0.120. The van der Waals surface area contributed by atoms with E-state index in [0.717, 1.165) is 16.7 Å². The Bertz CT molecular complexity index is 1280. The molecule has 1 saturated heterocycles. The molecule has 0 N–H and O–H groups in total. The fraction of sp³-hybridized carbons (Fsp3) is 0.200. The molecule has 0 unspecified atom stereocenters. The Labute approximate surface area is 204 Å². The van der Waals surface area contributed by atoms with Crippen molar-refractivity contribution in [2.75, 3.05) is 4.90 Å². The van der Waals surface area contributed by atoms with Crippen LogP contribution < -0.4 is 4.90 Å². The third-order valence-corrected chi connectivity index (χ3v) is 8.16. The fourth-order valence-electron chi connectivity index (χ4n) is 6.30. The Kier molecular flexibility index (Phi) is 4.86. The van der Waals surface area contributed by atoms with Crippen LogP contribution in [-0.4, -0.2) is 11.8 Å². The smallest absolute Gasteiger partial charge is 0.241 e. The van der Waals surface area contributed by atoms with Gasteiger partial charge < -0.3 is 0 Å². The highest BCUT2D eigenvalue weighted by Crippen LogP contribution is 2.67. The van der Waals surface area contributed by atoms with Crippen LogP contribution in [0.1, 0.15) is 36.8 Å². The van der Waals surface area contributed by atoms with Crippen molar-refractivity contribution in [1.29, 1.82) is 0 Å². The molecule has 0 bridgehead atoms. The zero-order chi connectivity index (χ0) is 23.3. The second-order valence-electron chi connectivity index (χ2n) is 9.51. The predicted molar refractivity (Wildman–Crippen MR) is 135 cm³/mol. The average molecular weight is 466 g/mol. The first-order valence-corrected chi connectivity index (χ1v) is 12.1. The minimum atomic E-state index is -0.776. The lowest BCUT2D eigenvalue weighted by atomic mass is 9.61. The normalized spacial score (nSPS) is 25.4. The zero-order valence-corrected chi connectivity index (χ0v) is 19.5. The van der Waals surface area contributed by atoms with Gasteiger partial charge in [0.2, 0.25) is 11.8 Å². The Morgan fingerprint density at radius 3 is 1.65 bits per heavy atom. The Hall–Kier alpha value is -3.43. The molecule has 1 saturated carbocycles. The molecule has 2 atom stereocenters. The Morgan fingerprint density at radius 1 is 0.676 bits per heavy atom. The summed E-state index contributed by atoms with van der Waals surface area (Å²) in [5.74, 6) is -0.240. The maximum absolute atomic E-state index is 14.1. The Balaban J connectivity index is 1.54. The third kappa shape index (κ3) is 2.83. The quantitative estimate of drug-likeness (QED) is 0.314. The molecule has 0 spiro atoms. The van der Waals surface area contributed by atoms with E-state index in [1.165, 1.54) is 10.5 Å². The molecule has 1 aliphatic heterocycles. The molecule has 0 radical (unpaired) electrons. The summed E-state index contributed by atoms with van der Waals surface area (Å²) in [6.45, 7) is 0. The van der Waals surface area contributed by atoms with Gasteiger partial charge in [0.15, 0.2) is 0 Å². The molecule has 2 amide bonds. The van der Waals surface area contributed by atoms with Crippen LogP contribution in [-0.2, 0) is 9.59 Å². The minimum Gasteiger partial charge on any atom is -0.273 e. The van der Waals surface area contributed by atoms with Crippen molar-refractivity contribution in [3.05, 3.63) is 119 Å². The largest absolute Gasteiger partial charge is 0.273 e. The van der Waals surface area contributed by atoms with Gasteiger partial charge in [0.25, 0.3) is 0 Å². The predicted octanol–water partition coefficient (Wildman–Crippen LogP) is 6.83. The summed E-state index contributed by atoms with van der Waals surface area (Å²) >= 11 is 6.45. The van der Waals surface area contributed by atoms with Gasteiger partial charge in [0.1, 0.15) is 0 Å². The topological polar surface area (TPSA) is 37.4 Å². The number of anilines is 1. The molecule has 34 heavy (non-hydrogen) atoms. The number of hydrogen-bond acceptors (Lipinski definition) is 2. The number of nitrogens with zero attached hydrogens (tertiary/aromatic N) is 1. The van der Waals surface area contributed by atoms with E-state index in [-0.39, 0.29) is 11.8 Å². The molecule has 0 aromatic heterocycles. The van der Waals surface area contributed by atoms with Gasteiger partial charge in [-0.3, -0.25) is 9.59 Å². The molecule has 4 heteroatoms. The van der Waals surface area contributed by atoms with E-state index in [1.807, 2.05) is 48.5 Å². The summed E-state index contributed by atoms with van der Waals surface area (Å²) in [6.07, 6.45) is 6.43. The maximum atomic E-state index is 14.1. The molecule has 3 aliphatic rings. The summed E-state index contributed by atoms with van der Waals surface area (Å²) in [6, 6.07) is 27.7. The van der Waals surface area contributed by atoms with Crippen LogP contribution in [0, 0.1) is 10.8 Å². The van der Waals surface area contributed by atoms with Crippen molar-refractivity contribution >= 4 is 34.7 Å². The number of rotatable bonds is 3. The standard InChI is InChI=1S/C30H24ClNO2/c31-24-15-7-8-16-25(24)32-27(33)29-17-9-10-18-30(29,28(32)34)20-23(19-29)26(21-11-3-1-4-12-21)22-13-5-2-6-14-22/h1-16H,17-20H2/t29-,30+. The number of carbonyl (C=O) groups is 2. The summed E-state index contributed by atoms with van der Waals surface area (Å²) in [5, 5.41) is 0.423. The number of carbonyl (C=O) groups excluding carboxylic acids is 2. The maximum Gasteiger partial charge on any atom is 0.241 e. The van der Waals surface area contributed by atoms with Gasteiger partial charge in [-0.25, -0.2) is 4.90 Å². The van der Waals surface area contributed by atoms with Crippen LogP contribution in [0.5, 0.6) is 0 Å². The second kappa shape index (κ2) is 7.82. The molecular formula is C30H24ClNO2. The number of amides is 2. The average Bonchev–Trinajstić information content (AvgIpc) is 3.31. The number of imide groups is 1. The summed E-state index contributed by atoms with van der Waals surface area (Å²) in [4.78, 5) is 29.6. The summed E-state index contributed by atoms with van der Waals surface area (Å²) in [7, 11) is 0. The van der Waals surface area contributed by atoms with E-state index in [0.29, 0.717) is 36.4 Å². The van der Waals surface area contributed by atoms with Crippen molar-refractivity contribution in [3.63, 3.8) is 0 Å². The lowest BCUT2D eigenvalue weighted by Gasteiger charge is -2.36. The number of benzene rings is 3. The first-order valence-electron chi connectivity index (χ1n) is 11.7. The highest BCUT2D eigenvalue weighted by molar-refractivity contribution is 6.36. The van der Waals surface area contributed by atoms with Gasteiger partial charge in [0, 0.05) is 0 Å². The molecule has 6 rings (SSSR count). The fourth-order valence-corrected chi connectivity index (χ4v) is 6.52. The molecule has 3 aromatic carbocycles. The third-order valence-electron chi connectivity index (χ3n) is 7.84. The van der Waals surface area contributed by atoms with Crippen LogP contribution in [0.15, 0.2) is 103 Å². The molecule has 168 valence electrons. The first kappa shape index (κ1) is 21.1. The number of halogens is 1. The lowest BCUT2D eigenvalue weighted by Crippen LogP contribution is -2.41. The van der Waals surface area contributed by atoms with Crippen LogP contribution in [0.3, 0.4) is 0 Å². The number of allylic oxidation sites excluding steroid dienone is 3. The summed E-state index contributed by atoms with van der Waals surface area (Å²) in [5.41, 5.74) is 3.49. The highest BCUT2D eigenvalue weighted by atomic mass is 35.5. The van der Waals surface area contributed by atoms with Gasteiger partial charge >= 0.3 is 0 Å². The van der Waals surface area contributed by atoms with Gasteiger partial charge in [0.05, 0.1) is 21.5 Å². The summed E-state index contributed by atoms with van der Waals surface area (Å²) < 4.78 is 0. The molecule has 1 heterocycles. The first-order chi connectivity index (χ1) is 16.6. The van der Waals surface area contributed by atoms with E-state index in [2.05, 4.69) is 36.4 Å². The molecule has 2 aliphatic carbocycles. The van der Waals surface area contributed by atoms with Crippen LogP contribution in [0.2, 0.25) is 5.02 Å². The number of para-hydroxylation sites is 1. The second-order valence-corrected chi connectivity index (χ2v) is 9.91. The van der Waals surface area contributed by atoms with Crippen molar-refractivity contribution in [2.45, 2.75) is 25.7 Å². The van der Waals surface area contributed by atoms with Crippen LogP contribution in [0.4, 0.5) is 5.69 Å². The number of hydrogen-bond donors (Lipinski definition) is 0. The lowest BCUT2D eigenvalue weighted by molar-refractivity contribution is -0.132. The van der Waals surface area contributed by atoms with Gasteiger partial charge in [-0.05, 0) is 54.5 Å². The van der Waals surface area contributed by atoms with Gasteiger partial charge in [-0.15, -0.1) is 0 Å². The van der Waals surface area contributed by atoms with Crippen LogP contribution in [0.25, 0.3) is 5.57 Å². The zero-order valence-electron chi connectivity index (χ0n) is 18.7. The Morgan fingerprint density at radius 2 is 1.15 bits per heavy atom.